The Morgan fingerprint density at radius 1 is 1.29 bits per heavy atom. The van der Waals surface area contributed by atoms with Crippen LogP contribution in [-0.4, -0.2) is 34.1 Å². The van der Waals surface area contributed by atoms with Crippen molar-refractivity contribution in [3.05, 3.63) is 42.2 Å². The Hall–Kier alpha value is -2.37. The Kier molecular flexibility index (Phi) is 4.92. The molecule has 0 fully saturated rings. The maximum Gasteiger partial charge on any atom is 0.255 e. The van der Waals surface area contributed by atoms with Crippen LogP contribution < -0.4 is 10.1 Å². The molecular weight excluding hydrogens is 268 g/mol. The number of nitrogens with one attached hydrogen (secondary N) is 1. The molecule has 0 radical (unpaired) electrons. The van der Waals surface area contributed by atoms with Crippen LogP contribution >= 0.6 is 0 Å². The van der Waals surface area contributed by atoms with E-state index in [9.17, 15) is 4.79 Å². The van der Waals surface area contributed by atoms with Gasteiger partial charge < -0.3 is 10.1 Å². The van der Waals surface area contributed by atoms with Crippen LogP contribution in [0.5, 0.6) is 5.75 Å². The lowest BCUT2D eigenvalue weighted by molar-refractivity contribution is 0.0915. The second-order valence-corrected chi connectivity index (χ2v) is 5.11. The van der Waals surface area contributed by atoms with E-state index in [1.807, 2.05) is 12.1 Å². The lowest BCUT2D eigenvalue weighted by atomic mass is 10.0. The van der Waals surface area contributed by atoms with Gasteiger partial charge in [-0.25, -0.2) is 0 Å². The van der Waals surface area contributed by atoms with Gasteiger partial charge >= 0.3 is 0 Å². The van der Waals surface area contributed by atoms with Crippen molar-refractivity contribution in [1.82, 2.24) is 20.3 Å². The highest BCUT2D eigenvalue weighted by molar-refractivity contribution is 5.97. The third-order valence-electron chi connectivity index (χ3n) is 3.30. The molecule has 2 aromatic rings. The minimum atomic E-state index is -0.154. The van der Waals surface area contributed by atoms with Gasteiger partial charge in [-0.15, -0.1) is 0 Å². The second-order valence-electron chi connectivity index (χ2n) is 5.11. The summed E-state index contributed by atoms with van der Waals surface area (Å²) in [5, 5.41) is 11.2. The second kappa shape index (κ2) is 6.88. The Labute approximate surface area is 124 Å². The maximum atomic E-state index is 12.4. The van der Waals surface area contributed by atoms with Gasteiger partial charge in [-0.05, 0) is 18.1 Å². The van der Waals surface area contributed by atoms with E-state index in [4.69, 9.17) is 4.74 Å². The molecule has 2 rings (SSSR count). The van der Waals surface area contributed by atoms with Crippen molar-refractivity contribution in [3.63, 3.8) is 0 Å². The lowest BCUT2D eigenvalue weighted by Gasteiger charge is -2.22. The summed E-state index contributed by atoms with van der Waals surface area (Å²) in [7, 11) is 1.56. The average Bonchev–Trinajstić information content (AvgIpc) is 2.99. The lowest BCUT2D eigenvalue weighted by Crippen LogP contribution is -2.42. The van der Waals surface area contributed by atoms with E-state index in [1.165, 1.54) is 0 Å². The highest BCUT2D eigenvalue weighted by atomic mass is 16.5. The number of carbonyl (C=O) groups excluding carboxylic acids is 1. The molecule has 0 bridgehead atoms. The van der Waals surface area contributed by atoms with E-state index in [1.54, 1.807) is 36.4 Å². The zero-order chi connectivity index (χ0) is 15.2. The summed E-state index contributed by atoms with van der Waals surface area (Å²) in [6.07, 6.45) is 3.25. The number of hydrogen-bond donors (Lipinski definition) is 1. The van der Waals surface area contributed by atoms with Crippen molar-refractivity contribution < 1.29 is 9.53 Å². The van der Waals surface area contributed by atoms with Crippen LogP contribution in [0.15, 0.2) is 36.7 Å². The average molecular weight is 288 g/mol. The van der Waals surface area contributed by atoms with Gasteiger partial charge in [-0.1, -0.05) is 26.0 Å². The van der Waals surface area contributed by atoms with Gasteiger partial charge in [-0.2, -0.15) is 15.0 Å². The molecule has 0 aliphatic carbocycles. The fourth-order valence-corrected chi connectivity index (χ4v) is 2.02. The number of amides is 1. The number of benzene rings is 1. The molecule has 0 unspecified atom stereocenters. The van der Waals surface area contributed by atoms with E-state index in [0.29, 0.717) is 17.9 Å². The monoisotopic (exact) mass is 288 g/mol. The van der Waals surface area contributed by atoms with Crippen molar-refractivity contribution in [1.29, 1.82) is 0 Å². The topological polar surface area (TPSA) is 69.0 Å². The third kappa shape index (κ3) is 3.81. The van der Waals surface area contributed by atoms with E-state index in [0.717, 1.165) is 0 Å². The summed E-state index contributed by atoms with van der Waals surface area (Å²) >= 11 is 0. The zero-order valence-corrected chi connectivity index (χ0v) is 12.5. The van der Waals surface area contributed by atoms with Crippen molar-refractivity contribution in [3.8, 4) is 5.75 Å². The Bertz CT molecular complexity index is 581. The zero-order valence-electron chi connectivity index (χ0n) is 12.5. The molecule has 21 heavy (non-hydrogen) atoms. The van der Waals surface area contributed by atoms with Gasteiger partial charge in [0.1, 0.15) is 5.75 Å². The van der Waals surface area contributed by atoms with Crippen LogP contribution in [0.4, 0.5) is 0 Å². The molecule has 1 N–H and O–H groups in total. The normalized spacial score (nSPS) is 12.2. The number of rotatable bonds is 6. The molecule has 0 saturated carbocycles. The van der Waals surface area contributed by atoms with Crippen LogP contribution in [-0.2, 0) is 6.54 Å². The predicted molar refractivity (Wildman–Crippen MR) is 79.1 cm³/mol. The first-order valence-electron chi connectivity index (χ1n) is 6.89. The first-order valence-corrected chi connectivity index (χ1v) is 6.89. The fraction of sp³-hybridized carbons (Fsp3) is 0.400. The molecule has 1 amide bonds. The van der Waals surface area contributed by atoms with E-state index in [-0.39, 0.29) is 17.9 Å². The highest BCUT2D eigenvalue weighted by Crippen LogP contribution is 2.17. The molecule has 0 aliphatic heterocycles. The molecule has 6 heteroatoms. The standard InChI is InChI=1S/C15H20N4O2/c1-11(2)13(10-19-16-8-9-17-19)18-15(20)12-6-4-5-7-14(12)21-3/h4-9,11,13H,10H2,1-3H3,(H,18,20)/t13-/m0/s1. The highest BCUT2D eigenvalue weighted by Gasteiger charge is 2.20. The Morgan fingerprint density at radius 2 is 1.95 bits per heavy atom. The predicted octanol–water partition coefficient (Wildman–Crippen LogP) is 1.74. The van der Waals surface area contributed by atoms with Crippen LogP contribution in [0.3, 0.4) is 0 Å². The van der Waals surface area contributed by atoms with E-state index >= 15 is 0 Å². The fourth-order valence-electron chi connectivity index (χ4n) is 2.02. The quantitative estimate of drug-likeness (QED) is 0.879. The van der Waals surface area contributed by atoms with Gasteiger partial charge in [0.05, 0.1) is 37.7 Å². The third-order valence-corrected chi connectivity index (χ3v) is 3.30. The number of aromatic nitrogens is 3. The summed E-state index contributed by atoms with van der Waals surface area (Å²) in [6, 6.07) is 7.11. The summed E-state index contributed by atoms with van der Waals surface area (Å²) in [5.41, 5.74) is 0.527. The number of ether oxygens (including phenoxy) is 1. The van der Waals surface area contributed by atoms with Crippen molar-refractivity contribution in [2.45, 2.75) is 26.4 Å². The van der Waals surface area contributed by atoms with Crippen LogP contribution in [0.25, 0.3) is 0 Å². The summed E-state index contributed by atoms with van der Waals surface area (Å²) in [4.78, 5) is 14.0. The molecule has 0 saturated heterocycles. The van der Waals surface area contributed by atoms with Crippen molar-refractivity contribution in [2.75, 3.05) is 7.11 Å². The van der Waals surface area contributed by atoms with E-state index in [2.05, 4.69) is 29.4 Å². The van der Waals surface area contributed by atoms with Gasteiger partial charge in [0.25, 0.3) is 5.91 Å². The van der Waals surface area contributed by atoms with Crippen molar-refractivity contribution >= 4 is 5.91 Å². The number of methoxy groups -OCH3 is 1. The SMILES string of the molecule is COc1ccccc1C(=O)N[C@@H](Cn1nccn1)C(C)C. The smallest absolute Gasteiger partial charge is 0.255 e. The number of nitrogens with zero attached hydrogens (tertiary/aromatic N) is 3. The van der Waals surface area contributed by atoms with Gasteiger partial charge in [0, 0.05) is 0 Å². The van der Waals surface area contributed by atoms with Crippen molar-refractivity contribution in [2.24, 2.45) is 5.92 Å². The summed E-state index contributed by atoms with van der Waals surface area (Å²) < 4.78 is 5.22. The summed E-state index contributed by atoms with van der Waals surface area (Å²) in [6.45, 7) is 4.64. The molecule has 112 valence electrons. The van der Waals surface area contributed by atoms with E-state index < -0.39 is 0 Å². The molecular formula is C15H20N4O2. The molecule has 1 aromatic carbocycles. The van der Waals surface area contributed by atoms with Crippen LogP contribution in [0.1, 0.15) is 24.2 Å². The van der Waals surface area contributed by atoms with Crippen LogP contribution in [0.2, 0.25) is 0 Å². The van der Waals surface area contributed by atoms with Gasteiger partial charge in [-0.3, -0.25) is 4.79 Å². The number of hydrogen-bond acceptors (Lipinski definition) is 4. The summed E-state index contributed by atoms with van der Waals surface area (Å²) in [5.74, 6) is 0.669. The molecule has 1 heterocycles. The number of carbonyl (C=O) groups is 1. The minimum absolute atomic E-state index is 0.0604. The molecule has 0 aliphatic rings. The largest absolute Gasteiger partial charge is 0.496 e. The number of para-hydroxylation sites is 1. The first kappa shape index (κ1) is 15.0. The van der Waals surface area contributed by atoms with Gasteiger partial charge in [0.15, 0.2) is 0 Å². The molecule has 0 spiro atoms. The Balaban J connectivity index is 2.11. The Morgan fingerprint density at radius 3 is 2.57 bits per heavy atom. The molecule has 6 nitrogen and oxygen atoms in total. The first-order chi connectivity index (χ1) is 10.1. The molecule has 1 atom stereocenters. The van der Waals surface area contributed by atoms with Gasteiger partial charge in [0.2, 0.25) is 0 Å². The van der Waals surface area contributed by atoms with Crippen LogP contribution in [0, 0.1) is 5.92 Å². The molecule has 1 aromatic heterocycles. The maximum absolute atomic E-state index is 12.4. The minimum Gasteiger partial charge on any atom is -0.496 e.